The van der Waals surface area contributed by atoms with Crippen LogP contribution < -0.4 is 5.73 Å². The third-order valence-corrected chi connectivity index (χ3v) is 2.74. The van der Waals surface area contributed by atoms with Gasteiger partial charge in [0.1, 0.15) is 6.04 Å². The van der Waals surface area contributed by atoms with Gasteiger partial charge in [0.25, 0.3) is 0 Å². The Bertz CT molecular complexity index is 307. The summed E-state index contributed by atoms with van der Waals surface area (Å²) in [5.41, 5.74) is 5.06. The summed E-state index contributed by atoms with van der Waals surface area (Å²) in [5.74, 6) is -2.62. The fourth-order valence-electron chi connectivity index (χ4n) is 1.53. The number of hydrogen-bond donors (Lipinski definition) is 3. The molecule has 84 valence electrons. The zero-order valence-corrected chi connectivity index (χ0v) is 8.81. The zero-order valence-electron chi connectivity index (χ0n) is 7.92. The summed E-state index contributed by atoms with van der Waals surface area (Å²) in [4.78, 5) is 34.2. The molecule has 0 aromatic carbocycles. The number of nitrogens with two attached hydrogens (primary N) is 1. The number of carboxylic acid groups (broad SMARTS) is 1. The van der Waals surface area contributed by atoms with E-state index in [0.29, 0.717) is 0 Å². The summed E-state index contributed by atoms with van der Waals surface area (Å²) in [7, 11) is 0. The van der Waals surface area contributed by atoms with Crippen LogP contribution in [0.4, 0.5) is 0 Å². The van der Waals surface area contributed by atoms with E-state index < -0.39 is 23.8 Å². The second-order valence-corrected chi connectivity index (χ2v) is 3.75. The molecule has 7 heteroatoms. The second-order valence-electron chi connectivity index (χ2n) is 3.39. The average molecular weight is 232 g/mol. The van der Waals surface area contributed by atoms with E-state index in [4.69, 9.17) is 10.8 Å². The lowest BCUT2D eigenvalue weighted by molar-refractivity contribution is -0.147. The van der Waals surface area contributed by atoms with Crippen LogP contribution >= 0.6 is 12.6 Å². The van der Waals surface area contributed by atoms with Crippen molar-refractivity contribution in [2.75, 3.05) is 12.3 Å². The number of rotatable bonds is 4. The maximum Gasteiger partial charge on any atom is 0.327 e. The monoisotopic (exact) mass is 232 g/mol. The Balaban J connectivity index is 2.75. The van der Waals surface area contributed by atoms with Crippen molar-refractivity contribution in [3.8, 4) is 0 Å². The number of carbonyl (C=O) groups is 3. The number of nitrogens with zero attached hydrogens (tertiary/aromatic N) is 1. The van der Waals surface area contributed by atoms with Crippen molar-refractivity contribution >= 4 is 30.4 Å². The Kier molecular flexibility index (Phi) is 3.57. The Hall–Kier alpha value is -1.24. The normalized spacial score (nSPS) is 22.9. The minimum Gasteiger partial charge on any atom is -0.480 e. The standard InChI is InChI=1S/C8H12N2O4S/c9-7(12)4-1-6(11)10(2-4)5(3-15)8(13)14/h4-5,15H,1-3H2,(H2,9,12)(H,13,14)/t4?,5-/m0/s1. The van der Waals surface area contributed by atoms with E-state index in [1.165, 1.54) is 0 Å². The van der Waals surface area contributed by atoms with Crippen molar-refractivity contribution in [2.24, 2.45) is 11.7 Å². The van der Waals surface area contributed by atoms with Crippen molar-refractivity contribution < 1.29 is 19.5 Å². The quantitative estimate of drug-likeness (QED) is 0.524. The third-order valence-electron chi connectivity index (χ3n) is 2.40. The molecule has 2 atom stereocenters. The molecule has 3 N–H and O–H groups in total. The van der Waals surface area contributed by atoms with Gasteiger partial charge in [-0.2, -0.15) is 12.6 Å². The summed E-state index contributed by atoms with van der Waals surface area (Å²) in [5, 5.41) is 8.82. The van der Waals surface area contributed by atoms with Gasteiger partial charge in [0.15, 0.2) is 0 Å². The molecular formula is C8H12N2O4S. The largest absolute Gasteiger partial charge is 0.480 e. The molecule has 6 nitrogen and oxygen atoms in total. The molecular weight excluding hydrogens is 220 g/mol. The summed E-state index contributed by atoms with van der Waals surface area (Å²) < 4.78 is 0. The highest BCUT2D eigenvalue weighted by molar-refractivity contribution is 7.80. The van der Waals surface area contributed by atoms with Gasteiger partial charge >= 0.3 is 5.97 Å². The average Bonchev–Trinajstić information content (AvgIpc) is 2.49. The fourth-order valence-corrected chi connectivity index (χ4v) is 1.89. The number of hydrogen-bond acceptors (Lipinski definition) is 4. The molecule has 1 saturated heterocycles. The number of primary amides is 1. The molecule has 1 heterocycles. The van der Waals surface area contributed by atoms with Gasteiger partial charge in [-0.05, 0) is 0 Å². The van der Waals surface area contributed by atoms with E-state index in [1.807, 2.05) is 0 Å². The smallest absolute Gasteiger partial charge is 0.327 e. The fraction of sp³-hybridized carbons (Fsp3) is 0.625. The van der Waals surface area contributed by atoms with Crippen LogP contribution in [0.1, 0.15) is 6.42 Å². The van der Waals surface area contributed by atoms with Gasteiger partial charge in [-0.1, -0.05) is 0 Å². The molecule has 1 aliphatic rings. The summed E-state index contributed by atoms with van der Waals surface area (Å²) in [6.07, 6.45) is -0.00705. The maximum absolute atomic E-state index is 11.4. The molecule has 15 heavy (non-hydrogen) atoms. The first-order chi connectivity index (χ1) is 6.97. The van der Waals surface area contributed by atoms with Gasteiger partial charge in [0.05, 0.1) is 5.92 Å². The van der Waals surface area contributed by atoms with Crippen LogP contribution in [-0.4, -0.2) is 46.1 Å². The second kappa shape index (κ2) is 4.52. The minimum absolute atomic E-state index is 0.00705. The Labute approximate surface area is 91.8 Å². The lowest BCUT2D eigenvalue weighted by Gasteiger charge is -2.22. The molecule has 0 spiro atoms. The van der Waals surface area contributed by atoms with Gasteiger partial charge in [0, 0.05) is 18.7 Å². The van der Waals surface area contributed by atoms with E-state index in [2.05, 4.69) is 12.6 Å². The molecule has 0 aromatic heterocycles. The molecule has 1 aliphatic heterocycles. The van der Waals surface area contributed by atoms with E-state index >= 15 is 0 Å². The van der Waals surface area contributed by atoms with E-state index in [0.717, 1.165) is 4.90 Å². The van der Waals surface area contributed by atoms with Gasteiger partial charge in [-0.25, -0.2) is 4.79 Å². The predicted molar refractivity (Wildman–Crippen MR) is 54.3 cm³/mol. The van der Waals surface area contributed by atoms with E-state index in [1.54, 1.807) is 0 Å². The first-order valence-electron chi connectivity index (χ1n) is 4.39. The van der Waals surface area contributed by atoms with Gasteiger partial charge in [-0.3, -0.25) is 9.59 Å². The molecule has 0 radical (unpaired) electrons. The molecule has 0 aromatic rings. The van der Waals surface area contributed by atoms with E-state index in [9.17, 15) is 14.4 Å². The molecule has 1 unspecified atom stereocenters. The predicted octanol–water partition coefficient (Wildman–Crippen LogP) is -1.30. The van der Waals surface area contributed by atoms with Crippen LogP contribution in [0.2, 0.25) is 0 Å². The third kappa shape index (κ3) is 2.41. The SMILES string of the molecule is NC(=O)C1CC(=O)N([C@@H](CS)C(=O)O)C1. The van der Waals surface area contributed by atoms with Crippen molar-refractivity contribution in [3.05, 3.63) is 0 Å². The highest BCUT2D eigenvalue weighted by Gasteiger charge is 2.39. The first-order valence-corrected chi connectivity index (χ1v) is 5.03. The van der Waals surface area contributed by atoms with Crippen molar-refractivity contribution in [1.29, 1.82) is 0 Å². The lowest BCUT2D eigenvalue weighted by Crippen LogP contribution is -2.44. The van der Waals surface area contributed by atoms with Crippen LogP contribution in [0.3, 0.4) is 0 Å². The van der Waals surface area contributed by atoms with Crippen LogP contribution in [-0.2, 0) is 14.4 Å². The Morgan fingerprint density at radius 3 is 2.60 bits per heavy atom. The van der Waals surface area contributed by atoms with Gasteiger partial charge < -0.3 is 15.7 Å². The number of carboxylic acids is 1. The van der Waals surface area contributed by atoms with E-state index in [-0.39, 0.29) is 24.6 Å². The summed E-state index contributed by atoms with van der Waals surface area (Å²) in [6.45, 7) is 0.0751. The van der Waals surface area contributed by atoms with Crippen LogP contribution in [0.5, 0.6) is 0 Å². The van der Waals surface area contributed by atoms with Crippen LogP contribution in [0.15, 0.2) is 0 Å². The lowest BCUT2D eigenvalue weighted by atomic mass is 10.1. The number of carbonyl (C=O) groups excluding carboxylic acids is 2. The Morgan fingerprint density at radius 1 is 1.67 bits per heavy atom. The van der Waals surface area contributed by atoms with Crippen LogP contribution in [0, 0.1) is 5.92 Å². The number of amides is 2. The maximum atomic E-state index is 11.4. The topological polar surface area (TPSA) is 101 Å². The molecule has 0 saturated carbocycles. The number of aliphatic carboxylic acids is 1. The zero-order chi connectivity index (χ0) is 11.6. The van der Waals surface area contributed by atoms with Crippen molar-refractivity contribution in [2.45, 2.75) is 12.5 Å². The summed E-state index contributed by atoms with van der Waals surface area (Å²) in [6, 6.07) is -0.981. The van der Waals surface area contributed by atoms with Crippen molar-refractivity contribution in [3.63, 3.8) is 0 Å². The molecule has 0 bridgehead atoms. The highest BCUT2D eigenvalue weighted by Crippen LogP contribution is 2.20. The Morgan fingerprint density at radius 2 is 2.27 bits per heavy atom. The molecule has 0 aliphatic carbocycles. The van der Waals surface area contributed by atoms with Gasteiger partial charge in [0.2, 0.25) is 11.8 Å². The number of likely N-dealkylation sites (tertiary alicyclic amines) is 1. The molecule has 1 fully saturated rings. The minimum atomic E-state index is -1.12. The molecule has 1 rings (SSSR count). The molecule has 2 amide bonds. The highest BCUT2D eigenvalue weighted by atomic mass is 32.1. The van der Waals surface area contributed by atoms with Gasteiger partial charge in [-0.15, -0.1) is 0 Å². The first kappa shape index (κ1) is 11.8. The van der Waals surface area contributed by atoms with Crippen LogP contribution in [0.25, 0.3) is 0 Å². The summed E-state index contributed by atoms with van der Waals surface area (Å²) >= 11 is 3.86. The van der Waals surface area contributed by atoms with Crippen molar-refractivity contribution in [1.82, 2.24) is 4.90 Å². The number of thiol groups is 1.